The van der Waals surface area contributed by atoms with Crippen molar-refractivity contribution in [1.29, 1.82) is 0 Å². The van der Waals surface area contributed by atoms with Gasteiger partial charge in [0.1, 0.15) is 5.82 Å². The first-order chi connectivity index (χ1) is 5.68. The quantitative estimate of drug-likeness (QED) is 0.615. The Kier molecular flexibility index (Phi) is 1.54. The van der Waals surface area contributed by atoms with E-state index in [4.69, 9.17) is 11.6 Å². The maximum Gasteiger partial charge on any atom is 0.143 e. The van der Waals surface area contributed by atoms with E-state index in [0.29, 0.717) is 0 Å². The number of rotatable bonds is 0. The molecule has 2 nitrogen and oxygen atoms in total. The van der Waals surface area contributed by atoms with Crippen molar-refractivity contribution in [3.05, 3.63) is 29.2 Å². The molecule has 0 spiro atoms. The van der Waals surface area contributed by atoms with Crippen LogP contribution < -0.4 is 0 Å². The maximum absolute atomic E-state index is 12.9. The van der Waals surface area contributed by atoms with Gasteiger partial charge in [0.15, 0.2) is 0 Å². The zero-order chi connectivity index (χ0) is 8.72. The van der Waals surface area contributed by atoms with Crippen LogP contribution in [-0.4, -0.2) is 9.78 Å². The summed E-state index contributed by atoms with van der Waals surface area (Å²) in [6.07, 6.45) is 1.65. The molecule has 0 aliphatic carbocycles. The van der Waals surface area contributed by atoms with E-state index in [9.17, 15) is 4.39 Å². The Labute approximate surface area is 73.6 Å². The van der Waals surface area contributed by atoms with Gasteiger partial charge >= 0.3 is 0 Å². The van der Waals surface area contributed by atoms with Crippen molar-refractivity contribution in [1.82, 2.24) is 9.78 Å². The molecule has 0 saturated heterocycles. The van der Waals surface area contributed by atoms with Crippen molar-refractivity contribution >= 4 is 22.5 Å². The van der Waals surface area contributed by atoms with E-state index < -0.39 is 5.82 Å². The van der Waals surface area contributed by atoms with Gasteiger partial charge < -0.3 is 0 Å². The summed E-state index contributed by atoms with van der Waals surface area (Å²) in [6.45, 7) is 0. The molecule has 0 saturated carbocycles. The van der Waals surface area contributed by atoms with Gasteiger partial charge in [0.25, 0.3) is 0 Å². The highest BCUT2D eigenvalue weighted by Gasteiger charge is 2.04. The number of aryl methyl sites for hydroxylation is 1. The van der Waals surface area contributed by atoms with Crippen LogP contribution >= 0.6 is 11.6 Å². The van der Waals surface area contributed by atoms with Gasteiger partial charge in [-0.3, -0.25) is 4.68 Å². The van der Waals surface area contributed by atoms with Crippen LogP contribution in [0, 0.1) is 5.82 Å². The summed E-state index contributed by atoms with van der Waals surface area (Å²) in [5.74, 6) is -0.409. The minimum atomic E-state index is -0.409. The molecule has 1 heterocycles. The third-order valence-corrected chi connectivity index (χ3v) is 2.08. The Bertz CT molecular complexity index is 436. The summed E-state index contributed by atoms with van der Waals surface area (Å²) in [7, 11) is 1.76. The standard InChI is InChI=1S/C8H6ClFN2/c1-12-8-3-7(10)6(9)2-5(8)4-11-12/h2-4H,1H3. The molecule has 0 bridgehead atoms. The van der Waals surface area contributed by atoms with Crippen molar-refractivity contribution in [2.45, 2.75) is 0 Å². The lowest BCUT2D eigenvalue weighted by Gasteiger charge is -1.95. The second kappa shape index (κ2) is 2.45. The molecular formula is C8H6ClFN2. The Morgan fingerprint density at radius 3 is 3.00 bits per heavy atom. The number of benzene rings is 1. The van der Waals surface area contributed by atoms with Gasteiger partial charge in [-0.05, 0) is 6.07 Å². The molecule has 1 aromatic carbocycles. The van der Waals surface area contributed by atoms with Crippen LogP contribution in [0.3, 0.4) is 0 Å². The highest BCUT2D eigenvalue weighted by Crippen LogP contribution is 2.21. The molecule has 4 heteroatoms. The lowest BCUT2D eigenvalue weighted by Crippen LogP contribution is -1.89. The first kappa shape index (κ1) is 7.55. The van der Waals surface area contributed by atoms with Crippen LogP contribution in [0.5, 0.6) is 0 Å². The average molecular weight is 185 g/mol. The van der Waals surface area contributed by atoms with Crippen molar-refractivity contribution in [2.75, 3.05) is 0 Å². The third kappa shape index (κ3) is 0.975. The zero-order valence-electron chi connectivity index (χ0n) is 6.38. The first-order valence-corrected chi connectivity index (χ1v) is 3.83. The smallest absolute Gasteiger partial charge is 0.143 e. The average Bonchev–Trinajstić information content (AvgIpc) is 2.35. The van der Waals surface area contributed by atoms with Gasteiger partial charge in [-0.25, -0.2) is 4.39 Å². The number of hydrogen-bond acceptors (Lipinski definition) is 1. The lowest BCUT2D eigenvalue weighted by molar-refractivity contribution is 0.628. The molecule has 2 rings (SSSR count). The highest BCUT2D eigenvalue weighted by molar-refractivity contribution is 6.31. The van der Waals surface area contributed by atoms with E-state index in [1.807, 2.05) is 0 Å². The molecule has 0 aliphatic heterocycles. The van der Waals surface area contributed by atoms with Crippen molar-refractivity contribution < 1.29 is 4.39 Å². The van der Waals surface area contributed by atoms with Crippen molar-refractivity contribution in [3.63, 3.8) is 0 Å². The fraction of sp³-hybridized carbons (Fsp3) is 0.125. The van der Waals surface area contributed by atoms with Gasteiger partial charge in [0.2, 0.25) is 0 Å². The van der Waals surface area contributed by atoms with Crippen LogP contribution in [0.25, 0.3) is 10.9 Å². The Morgan fingerprint density at radius 2 is 2.25 bits per heavy atom. The predicted molar refractivity (Wildman–Crippen MR) is 45.7 cm³/mol. The van der Waals surface area contributed by atoms with E-state index in [2.05, 4.69) is 5.10 Å². The SMILES string of the molecule is Cn1ncc2cc(Cl)c(F)cc21. The molecule has 12 heavy (non-hydrogen) atoms. The highest BCUT2D eigenvalue weighted by atomic mass is 35.5. The van der Waals surface area contributed by atoms with Gasteiger partial charge in [0.05, 0.1) is 16.7 Å². The summed E-state index contributed by atoms with van der Waals surface area (Å²) >= 11 is 5.58. The number of nitrogens with zero attached hydrogens (tertiary/aromatic N) is 2. The van der Waals surface area contributed by atoms with E-state index in [1.165, 1.54) is 6.07 Å². The van der Waals surface area contributed by atoms with Crippen molar-refractivity contribution in [3.8, 4) is 0 Å². The third-order valence-electron chi connectivity index (χ3n) is 1.79. The van der Waals surface area contributed by atoms with Gasteiger partial charge in [0, 0.05) is 18.5 Å². The van der Waals surface area contributed by atoms with E-state index in [1.54, 1.807) is 24.0 Å². The largest absolute Gasteiger partial charge is 0.268 e. The molecule has 0 aliphatic rings. The monoisotopic (exact) mass is 184 g/mol. The summed E-state index contributed by atoms with van der Waals surface area (Å²) in [5.41, 5.74) is 0.747. The maximum atomic E-state index is 12.9. The molecule has 0 fully saturated rings. The molecule has 1 aromatic heterocycles. The van der Waals surface area contributed by atoms with E-state index >= 15 is 0 Å². The van der Waals surface area contributed by atoms with Crippen LogP contribution in [0.4, 0.5) is 4.39 Å². The molecule has 0 amide bonds. The van der Waals surface area contributed by atoms with Crippen LogP contribution in [0.2, 0.25) is 5.02 Å². The predicted octanol–water partition coefficient (Wildman–Crippen LogP) is 2.37. The number of halogens is 2. The molecule has 0 atom stereocenters. The Balaban J connectivity index is 2.87. The number of aromatic nitrogens is 2. The van der Waals surface area contributed by atoms with E-state index in [0.717, 1.165) is 10.9 Å². The van der Waals surface area contributed by atoms with Gasteiger partial charge in [-0.2, -0.15) is 5.10 Å². The second-order valence-corrected chi connectivity index (χ2v) is 3.00. The molecule has 2 aromatic rings. The summed E-state index contributed by atoms with van der Waals surface area (Å²) < 4.78 is 14.5. The summed E-state index contributed by atoms with van der Waals surface area (Å²) in [6, 6.07) is 2.95. The molecule has 0 radical (unpaired) electrons. The summed E-state index contributed by atoms with van der Waals surface area (Å²) in [5, 5.41) is 4.95. The van der Waals surface area contributed by atoms with Crippen LogP contribution in [-0.2, 0) is 7.05 Å². The molecular weight excluding hydrogens is 179 g/mol. The van der Waals surface area contributed by atoms with Crippen LogP contribution in [0.15, 0.2) is 18.3 Å². The molecule has 0 N–H and O–H groups in total. The fourth-order valence-electron chi connectivity index (χ4n) is 1.15. The zero-order valence-corrected chi connectivity index (χ0v) is 7.14. The number of hydrogen-bond donors (Lipinski definition) is 0. The summed E-state index contributed by atoms with van der Waals surface area (Å²) in [4.78, 5) is 0. The number of fused-ring (bicyclic) bond motifs is 1. The van der Waals surface area contributed by atoms with Gasteiger partial charge in [-0.15, -0.1) is 0 Å². The van der Waals surface area contributed by atoms with E-state index in [-0.39, 0.29) is 5.02 Å². The normalized spacial score (nSPS) is 10.9. The van der Waals surface area contributed by atoms with Crippen LogP contribution in [0.1, 0.15) is 0 Å². The Hall–Kier alpha value is -1.09. The minimum absolute atomic E-state index is 0.135. The molecule has 0 unspecified atom stereocenters. The second-order valence-electron chi connectivity index (χ2n) is 2.59. The Morgan fingerprint density at radius 1 is 1.50 bits per heavy atom. The van der Waals surface area contributed by atoms with Gasteiger partial charge in [-0.1, -0.05) is 11.6 Å². The fourth-order valence-corrected chi connectivity index (χ4v) is 1.32. The molecule has 62 valence electrons. The lowest BCUT2D eigenvalue weighted by atomic mass is 10.2. The minimum Gasteiger partial charge on any atom is -0.268 e. The first-order valence-electron chi connectivity index (χ1n) is 3.45. The topological polar surface area (TPSA) is 17.8 Å². The van der Waals surface area contributed by atoms with Crippen molar-refractivity contribution in [2.24, 2.45) is 7.05 Å².